The van der Waals surface area contributed by atoms with Crippen LogP contribution in [0.2, 0.25) is 0 Å². The third-order valence-corrected chi connectivity index (χ3v) is 4.98. The van der Waals surface area contributed by atoms with Crippen molar-refractivity contribution in [1.29, 1.82) is 0 Å². The highest BCUT2D eigenvalue weighted by Crippen LogP contribution is 2.11. The number of hydrogen-bond acceptors (Lipinski definition) is 6. The van der Waals surface area contributed by atoms with E-state index >= 15 is 0 Å². The van der Waals surface area contributed by atoms with Crippen LogP contribution in [0.1, 0.15) is 25.0 Å². The molecule has 2 rings (SSSR count). The van der Waals surface area contributed by atoms with Crippen molar-refractivity contribution in [3.8, 4) is 0 Å². The van der Waals surface area contributed by atoms with Gasteiger partial charge in [0.1, 0.15) is 0 Å². The molecule has 0 aliphatic carbocycles. The Bertz CT molecular complexity index is 771. The van der Waals surface area contributed by atoms with Crippen LogP contribution in [-0.2, 0) is 26.2 Å². The Labute approximate surface area is 139 Å². The summed E-state index contributed by atoms with van der Waals surface area (Å²) in [6.45, 7) is 1.67. The van der Waals surface area contributed by atoms with Crippen molar-refractivity contribution < 1.29 is 18.0 Å². The van der Waals surface area contributed by atoms with Crippen LogP contribution in [-0.4, -0.2) is 53.8 Å². The lowest BCUT2D eigenvalue weighted by atomic mass is 10.1. The summed E-state index contributed by atoms with van der Waals surface area (Å²) >= 11 is 0. The van der Waals surface area contributed by atoms with Gasteiger partial charge in [0, 0.05) is 32.0 Å². The molecule has 1 aliphatic rings. The van der Waals surface area contributed by atoms with Crippen LogP contribution in [0.25, 0.3) is 0 Å². The van der Waals surface area contributed by atoms with Crippen molar-refractivity contribution in [2.24, 2.45) is 0 Å². The lowest BCUT2D eigenvalue weighted by Crippen LogP contribution is -2.44. The predicted octanol–water partition coefficient (Wildman–Crippen LogP) is -0.990. The van der Waals surface area contributed by atoms with E-state index in [0.717, 1.165) is 4.90 Å². The number of nitrogens with zero attached hydrogens (tertiary/aromatic N) is 3. The number of nitrogens with one attached hydrogen (secondary N) is 1. The van der Waals surface area contributed by atoms with Crippen molar-refractivity contribution in [1.82, 2.24) is 19.4 Å². The van der Waals surface area contributed by atoms with Crippen molar-refractivity contribution >= 4 is 21.8 Å². The average molecular weight is 356 g/mol. The van der Waals surface area contributed by atoms with Crippen molar-refractivity contribution in [2.45, 2.75) is 32.7 Å². The molecule has 0 saturated carbocycles. The number of piperidine rings is 1. The highest BCUT2D eigenvalue weighted by Gasteiger charge is 2.27. The van der Waals surface area contributed by atoms with E-state index in [1.54, 1.807) is 13.0 Å². The van der Waals surface area contributed by atoms with Crippen LogP contribution in [0.5, 0.6) is 0 Å². The SMILES string of the molecule is Cc1ccc(=O)n(CCNS(=O)(=O)CCN2C(=O)CCCC2=O)n1. The number of imide groups is 1. The molecule has 132 valence electrons. The summed E-state index contributed by atoms with van der Waals surface area (Å²) in [7, 11) is -3.66. The predicted molar refractivity (Wildman–Crippen MR) is 85.6 cm³/mol. The zero-order valence-electron chi connectivity index (χ0n) is 13.4. The van der Waals surface area contributed by atoms with Gasteiger partial charge in [0.15, 0.2) is 0 Å². The number of carbonyl (C=O) groups is 2. The number of carbonyl (C=O) groups excluding carboxylic acids is 2. The Balaban J connectivity index is 1.85. The first-order chi connectivity index (χ1) is 11.3. The molecule has 2 heterocycles. The largest absolute Gasteiger partial charge is 0.282 e. The van der Waals surface area contributed by atoms with Gasteiger partial charge in [0.25, 0.3) is 5.56 Å². The highest BCUT2D eigenvalue weighted by atomic mass is 32.2. The Morgan fingerprint density at radius 3 is 2.46 bits per heavy atom. The molecule has 0 radical (unpaired) electrons. The molecule has 0 unspecified atom stereocenters. The lowest BCUT2D eigenvalue weighted by molar-refractivity contribution is -0.147. The zero-order valence-corrected chi connectivity index (χ0v) is 14.2. The van der Waals surface area contributed by atoms with Gasteiger partial charge >= 0.3 is 0 Å². The number of likely N-dealkylation sites (tertiary alicyclic amines) is 1. The Kier molecular flexibility index (Phi) is 5.84. The standard InChI is InChI=1S/C14H20N4O5S/c1-11-5-6-14(21)18(16-11)8-7-15-24(22,23)10-9-17-12(19)3-2-4-13(17)20/h5-6,15H,2-4,7-10H2,1H3. The molecule has 2 amide bonds. The quantitative estimate of drug-likeness (QED) is 0.627. The highest BCUT2D eigenvalue weighted by molar-refractivity contribution is 7.89. The first-order valence-corrected chi connectivity index (χ1v) is 9.29. The molecule has 1 fully saturated rings. The van der Waals surface area contributed by atoms with Gasteiger partial charge in [-0.1, -0.05) is 0 Å². The van der Waals surface area contributed by atoms with Gasteiger partial charge in [-0.05, 0) is 19.4 Å². The number of amides is 2. The lowest BCUT2D eigenvalue weighted by Gasteiger charge is -2.24. The molecule has 0 bridgehead atoms. The molecule has 1 aliphatic heterocycles. The minimum atomic E-state index is -3.66. The van der Waals surface area contributed by atoms with E-state index < -0.39 is 10.0 Å². The summed E-state index contributed by atoms with van der Waals surface area (Å²) in [4.78, 5) is 35.8. The first kappa shape index (κ1) is 18.3. The molecular weight excluding hydrogens is 336 g/mol. The van der Waals surface area contributed by atoms with E-state index in [1.807, 2.05) is 0 Å². The van der Waals surface area contributed by atoms with Crippen molar-refractivity contribution in [2.75, 3.05) is 18.8 Å². The van der Waals surface area contributed by atoms with Crippen LogP contribution in [0, 0.1) is 6.92 Å². The van der Waals surface area contributed by atoms with Crippen molar-refractivity contribution in [3.63, 3.8) is 0 Å². The monoisotopic (exact) mass is 356 g/mol. The summed E-state index contributed by atoms with van der Waals surface area (Å²) in [6, 6.07) is 2.94. The maximum Gasteiger partial charge on any atom is 0.266 e. The van der Waals surface area contributed by atoms with E-state index in [-0.39, 0.29) is 55.6 Å². The zero-order chi connectivity index (χ0) is 17.7. The normalized spacial score (nSPS) is 15.8. The summed E-state index contributed by atoms with van der Waals surface area (Å²) < 4.78 is 27.4. The molecule has 24 heavy (non-hydrogen) atoms. The molecule has 1 N–H and O–H groups in total. The minimum Gasteiger partial charge on any atom is -0.282 e. The fourth-order valence-electron chi connectivity index (χ4n) is 2.35. The molecule has 1 saturated heterocycles. The van der Waals surface area contributed by atoms with Crippen LogP contribution >= 0.6 is 0 Å². The topological polar surface area (TPSA) is 118 Å². The first-order valence-electron chi connectivity index (χ1n) is 7.64. The van der Waals surface area contributed by atoms with Crippen LogP contribution in [0.15, 0.2) is 16.9 Å². The van der Waals surface area contributed by atoms with Gasteiger partial charge < -0.3 is 0 Å². The van der Waals surface area contributed by atoms with Gasteiger partial charge in [0.2, 0.25) is 21.8 Å². The number of aryl methyl sites for hydroxylation is 1. The van der Waals surface area contributed by atoms with Gasteiger partial charge in [0.05, 0.1) is 18.0 Å². The Hall–Kier alpha value is -2.07. The minimum absolute atomic E-state index is 0.000582. The van der Waals surface area contributed by atoms with Crippen LogP contribution < -0.4 is 10.3 Å². The van der Waals surface area contributed by atoms with Crippen LogP contribution in [0.4, 0.5) is 0 Å². The second-order valence-corrected chi connectivity index (χ2v) is 7.47. The van der Waals surface area contributed by atoms with Crippen LogP contribution in [0.3, 0.4) is 0 Å². The summed E-state index contributed by atoms with van der Waals surface area (Å²) in [6.07, 6.45) is 1.04. The van der Waals surface area contributed by atoms with E-state index in [0.29, 0.717) is 12.1 Å². The maximum absolute atomic E-state index is 12.0. The Morgan fingerprint density at radius 2 is 1.79 bits per heavy atom. The van der Waals surface area contributed by atoms with E-state index in [9.17, 15) is 22.8 Å². The van der Waals surface area contributed by atoms with Gasteiger partial charge in [-0.3, -0.25) is 19.3 Å². The smallest absolute Gasteiger partial charge is 0.266 e. The van der Waals surface area contributed by atoms with Gasteiger partial charge in [-0.15, -0.1) is 0 Å². The molecular formula is C14H20N4O5S. The summed E-state index contributed by atoms with van der Waals surface area (Å²) in [5, 5.41) is 4.00. The molecule has 0 aromatic carbocycles. The van der Waals surface area contributed by atoms with Gasteiger partial charge in [-0.2, -0.15) is 5.10 Å². The average Bonchev–Trinajstić information content (AvgIpc) is 2.50. The number of aromatic nitrogens is 2. The fourth-order valence-corrected chi connectivity index (χ4v) is 3.32. The number of hydrogen-bond donors (Lipinski definition) is 1. The maximum atomic E-state index is 12.0. The molecule has 0 atom stereocenters. The molecule has 1 aromatic rings. The Morgan fingerprint density at radius 1 is 1.12 bits per heavy atom. The summed E-state index contributed by atoms with van der Waals surface area (Å²) in [5.74, 6) is -1.03. The molecule has 9 nitrogen and oxygen atoms in total. The third kappa shape index (κ3) is 4.96. The van der Waals surface area contributed by atoms with Crippen molar-refractivity contribution in [3.05, 3.63) is 28.2 Å². The van der Waals surface area contributed by atoms with E-state index in [2.05, 4.69) is 9.82 Å². The second kappa shape index (κ2) is 7.67. The van der Waals surface area contributed by atoms with Gasteiger partial charge in [-0.25, -0.2) is 17.8 Å². The molecule has 0 spiro atoms. The van der Waals surface area contributed by atoms with E-state index in [4.69, 9.17) is 0 Å². The summed E-state index contributed by atoms with van der Waals surface area (Å²) in [5.41, 5.74) is 0.337. The molecule has 10 heteroatoms. The fraction of sp³-hybridized carbons (Fsp3) is 0.571. The number of rotatable bonds is 7. The number of sulfonamides is 1. The van der Waals surface area contributed by atoms with E-state index in [1.165, 1.54) is 10.7 Å². The third-order valence-electron chi connectivity index (χ3n) is 3.61. The second-order valence-electron chi connectivity index (χ2n) is 5.54. The molecule has 1 aromatic heterocycles.